The summed E-state index contributed by atoms with van der Waals surface area (Å²) in [5, 5.41) is 19.8. The lowest BCUT2D eigenvalue weighted by Gasteiger charge is -2.30. The molecule has 1 saturated carbocycles. The van der Waals surface area contributed by atoms with E-state index in [0.717, 1.165) is 52.0 Å². The number of anilines is 2. The molecule has 1 amide bonds. The number of rotatable bonds is 5. The van der Waals surface area contributed by atoms with Crippen LogP contribution in [0, 0.1) is 11.3 Å². The van der Waals surface area contributed by atoms with Crippen LogP contribution in [0.5, 0.6) is 0 Å². The van der Waals surface area contributed by atoms with Crippen LogP contribution in [0.4, 0.5) is 16.4 Å². The van der Waals surface area contributed by atoms with Crippen LogP contribution in [-0.2, 0) is 12.0 Å². The molecule has 1 aliphatic carbocycles. The van der Waals surface area contributed by atoms with Crippen molar-refractivity contribution < 1.29 is 9.90 Å². The first kappa shape index (κ1) is 23.5. The second-order valence-electron chi connectivity index (χ2n) is 10.2. The van der Waals surface area contributed by atoms with E-state index in [1.165, 1.54) is 12.3 Å². The molecule has 0 atom stereocenters. The molecule has 36 heavy (non-hydrogen) atoms. The first-order valence-electron chi connectivity index (χ1n) is 12.1. The van der Waals surface area contributed by atoms with Crippen molar-refractivity contribution in [3.63, 3.8) is 0 Å². The van der Waals surface area contributed by atoms with Crippen molar-refractivity contribution in [1.29, 1.82) is 5.26 Å². The number of carbonyl (C=O) groups is 1. The minimum Gasteiger partial charge on any atom is -0.464 e. The quantitative estimate of drug-likeness (QED) is 0.355. The third-order valence-electron chi connectivity index (χ3n) is 6.56. The molecule has 182 valence electrons. The highest BCUT2D eigenvalue weighted by molar-refractivity contribution is 5.95. The van der Waals surface area contributed by atoms with E-state index in [0.29, 0.717) is 23.0 Å². The van der Waals surface area contributed by atoms with Crippen molar-refractivity contribution in [2.45, 2.75) is 58.4 Å². The average molecular weight is 481 g/mol. The van der Waals surface area contributed by atoms with Crippen molar-refractivity contribution in [2.24, 2.45) is 0 Å². The maximum Gasteiger partial charge on any atom is 0.418 e. The van der Waals surface area contributed by atoms with Gasteiger partial charge in [0.15, 0.2) is 0 Å². The van der Waals surface area contributed by atoms with Crippen LogP contribution >= 0.6 is 0 Å². The van der Waals surface area contributed by atoms with Gasteiger partial charge in [-0.1, -0.05) is 26.8 Å². The van der Waals surface area contributed by atoms with Gasteiger partial charge in [0.2, 0.25) is 0 Å². The number of hydrogen-bond donors (Lipinski definition) is 1. The Kier molecular flexibility index (Phi) is 5.71. The van der Waals surface area contributed by atoms with Gasteiger partial charge in [0.1, 0.15) is 11.6 Å². The summed E-state index contributed by atoms with van der Waals surface area (Å²) in [6.07, 6.45) is 4.18. The van der Waals surface area contributed by atoms with Gasteiger partial charge < -0.3 is 9.67 Å². The number of amides is 1. The molecule has 1 aliphatic rings. The van der Waals surface area contributed by atoms with Gasteiger partial charge in [-0.15, -0.1) is 0 Å². The summed E-state index contributed by atoms with van der Waals surface area (Å²) in [5.74, 6) is 0.837. The monoisotopic (exact) mass is 480 g/mol. The Hall–Kier alpha value is -4.25. The van der Waals surface area contributed by atoms with E-state index in [-0.39, 0.29) is 11.2 Å². The Labute approximate surface area is 209 Å². The predicted octanol–water partition coefficient (Wildman–Crippen LogP) is 6.38. The molecule has 4 aromatic rings. The molecule has 0 radical (unpaired) electrons. The normalized spacial score (nSPS) is 13.5. The Morgan fingerprint density at radius 3 is 2.61 bits per heavy atom. The molecule has 0 saturated heterocycles. The maximum atomic E-state index is 12.7. The fraction of sp³-hybridized carbons (Fsp3) is 0.321. The lowest BCUT2D eigenvalue weighted by atomic mass is 9.81. The number of aromatic nitrogens is 4. The van der Waals surface area contributed by atoms with Gasteiger partial charge in [-0.25, -0.2) is 24.6 Å². The first-order valence-corrected chi connectivity index (χ1v) is 12.1. The number of nitriles is 1. The van der Waals surface area contributed by atoms with E-state index in [4.69, 9.17) is 4.98 Å². The smallest absolute Gasteiger partial charge is 0.418 e. The maximum absolute atomic E-state index is 12.7. The van der Waals surface area contributed by atoms with Crippen LogP contribution in [0.15, 0.2) is 48.9 Å². The number of benzene rings is 1. The molecular formula is C28H28N6O2. The Bertz CT molecular complexity index is 1520. The van der Waals surface area contributed by atoms with Crippen LogP contribution in [0.25, 0.3) is 22.3 Å². The molecule has 8 nitrogen and oxygen atoms in total. The zero-order valence-corrected chi connectivity index (χ0v) is 20.9. The molecule has 0 spiro atoms. The number of imidazole rings is 1. The molecule has 0 unspecified atom stereocenters. The number of hydrogen-bond acceptors (Lipinski definition) is 5. The summed E-state index contributed by atoms with van der Waals surface area (Å²) >= 11 is 0. The van der Waals surface area contributed by atoms with Gasteiger partial charge in [0, 0.05) is 23.9 Å². The highest BCUT2D eigenvalue weighted by atomic mass is 16.4. The molecule has 0 aliphatic heterocycles. The fourth-order valence-electron chi connectivity index (χ4n) is 4.73. The van der Waals surface area contributed by atoms with Crippen molar-refractivity contribution in [3.05, 3.63) is 65.6 Å². The highest BCUT2D eigenvalue weighted by Gasteiger charge is 2.36. The molecule has 1 aromatic carbocycles. The molecule has 8 heteroatoms. The van der Waals surface area contributed by atoms with Crippen LogP contribution < -0.4 is 4.90 Å². The fourth-order valence-corrected chi connectivity index (χ4v) is 4.73. The largest absolute Gasteiger partial charge is 0.464 e. The van der Waals surface area contributed by atoms with E-state index >= 15 is 0 Å². The van der Waals surface area contributed by atoms with Crippen molar-refractivity contribution in [3.8, 4) is 17.3 Å². The highest BCUT2D eigenvalue weighted by Crippen LogP contribution is 2.49. The van der Waals surface area contributed by atoms with Crippen LogP contribution in [0.3, 0.4) is 0 Å². The van der Waals surface area contributed by atoms with Crippen LogP contribution in [0.2, 0.25) is 0 Å². The first-order chi connectivity index (χ1) is 17.2. The second kappa shape index (κ2) is 8.76. The second-order valence-corrected chi connectivity index (χ2v) is 10.2. The van der Waals surface area contributed by atoms with E-state index < -0.39 is 6.09 Å². The summed E-state index contributed by atoms with van der Waals surface area (Å²) in [7, 11) is 0. The number of carboxylic acid groups (broad SMARTS) is 1. The third-order valence-corrected chi connectivity index (χ3v) is 6.56. The van der Waals surface area contributed by atoms with Crippen LogP contribution in [0.1, 0.15) is 63.1 Å². The molecule has 1 fully saturated rings. The summed E-state index contributed by atoms with van der Waals surface area (Å²) in [6, 6.07) is 13.3. The van der Waals surface area contributed by atoms with Gasteiger partial charge >= 0.3 is 6.09 Å². The summed E-state index contributed by atoms with van der Waals surface area (Å²) in [5.41, 5.74) is 5.43. The van der Waals surface area contributed by atoms with E-state index in [9.17, 15) is 15.2 Å². The van der Waals surface area contributed by atoms with Gasteiger partial charge in [-0.3, -0.25) is 0 Å². The summed E-state index contributed by atoms with van der Waals surface area (Å²) < 4.78 is 2.08. The standard InChI is InChI=1S/C28H28N6O2/c1-5-33-16-31-22-13-19(8-9-23(22)33)21-14-20(18-6-7-18)25(28(2,3)4)26(32-21)34(27(35)36)24-12-17(15-29)10-11-30-24/h8-14,16,18H,5-7H2,1-4H3,(H,35,36). The van der Waals surface area contributed by atoms with E-state index in [1.807, 2.05) is 24.5 Å². The van der Waals surface area contributed by atoms with Gasteiger partial charge in [-0.2, -0.15) is 5.26 Å². The van der Waals surface area contributed by atoms with E-state index in [2.05, 4.69) is 54.4 Å². The number of pyridine rings is 2. The van der Waals surface area contributed by atoms with E-state index in [1.54, 1.807) is 6.07 Å². The van der Waals surface area contributed by atoms with Gasteiger partial charge in [0.05, 0.1) is 34.7 Å². The van der Waals surface area contributed by atoms with Gasteiger partial charge in [0.25, 0.3) is 0 Å². The molecule has 3 aromatic heterocycles. The number of aryl methyl sites for hydroxylation is 1. The summed E-state index contributed by atoms with van der Waals surface area (Å²) in [6.45, 7) is 9.11. The zero-order chi connectivity index (χ0) is 25.6. The number of fused-ring (bicyclic) bond motifs is 1. The Morgan fingerprint density at radius 1 is 1.19 bits per heavy atom. The number of nitrogens with zero attached hydrogens (tertiary/aromatic N) is 6. The lowest BCUT2D eigenvalue weighted by Crippen LogP contribution is -2.30. The molecule has 1 N–H and O–H groups in total. The molecule has 5 rings (SSSR count). The lowest BCUT2D eigenvalue weighted by molar-refractivity contribution is 0.204. The minimum absolute atomic E-state index is 0.149. The predicted molar refractivity (Wildman–Crippen MR) is 138 cm³/mol. The minimum atomic E-state index is -1.20. The zero-order valence-electron chi connectivity index (χ0n) is 20.9. The molecule has 3 heterocycles. The van der Waals surface area contributed by atoms with Gasteiger partial charge in [-0.05, 0) is 67.0 Å². The summed E-state index contributed by atoms with van der Waals surface area (Å²) in [4.78, 5) is 27.6. The average Bonchev–Trinajstić information content (AvgIpc) is 3.62. The molecule has 0 bridgehead atoms. The Morgan fingerprint density at radius 2 is 1.97 bits per heavy atom. The van der Waals surface area contributed by atoms with Crippen molar-refractivity contribution in [2.75, 3.05) is 4.90 Å². The topological polar surface area (TPSA) is 108 Å². The third kappa shape index (κ3) is 4.17. The van der Waals surface area contributed by atoms with Crippen molar-refractivity contribution >= 4 is 28.8 Å². The molecular weight excluding hydrogens is 452 g/mol. The Balaban J connectivity index is 1.77. The van der Waals surface area contributed by atoms with Crippen molar-refractivity contribution in [1.82, 2.24) is 19.5 Å². The van der Waals surface area contributed by atoms with Crippen LogP contribution in [-0.4, -0.2) is 30.7 Å². The SMILES string of the molecule is CCn1cnc2cc(-c3cc(C4CC4)c(C(C)(C)C)c(N(C(=O)O)c4cc(C#N)ccn4)n3)ccc21.